The van der Waals surface area contributed by atoms with Crippen molar-refractivity contribution in [3.8, 4) is 22.3 Å². The first-order valence-electron chi connectivity index (χ1n) is 23.2. The number of hydrogen-bond acceptors (Lipinski definition) is 2. The van der Waals surface area contributed by atoms with Crippen molar-refractivity contribution >= 4 is 44.9 Å². The van der Waals surface area contributed by atoms with Gasteiger partial charge in [0.25, 0.3) is 0 Å². The highest BCUT2D eigenvalue weighted by atomic mass is 15.1. The summed E-state index contributed by atoms with van der Waals surface area (Å²) < 4.78 is 0. The Morgan fingerprint density at radius 3 is 1.34 bits per heavy atom. The second-order valence-electron chi connectivity index (χ2n) is 20.4. The molecule has 65 heavy (non-hydrogen) atoms. The number of benzene rings is 9. The van der Waals surface area contributed by atoms with Crippen LogP contribution in [0.25, 0.3) is 33.0 Å². The van der Waals surface area contributed by atoms with Gasteiger partial charge in [0.15, 0.2) is 0 Å². The summed E-state index contributed by atoms with van der Waals surface area (Å²) in [6, 6.07) is 73.6. The van der Waals surface area contributed by atoms with E-state index in [9.17, 15) is 0 Å². The van der Waals surface area contributed by atoms with E-state index in [0.717, 1.165) is 28.4 Å². The van der Waals surface area contributed by atoms with Crippen LogP contribution in [0.5, 0.6) is 0 Å². The Morgan fingerprint density at radius 1 is 0.338 bits per heavy atom. The van der Waals surface area contributed by atoms with Gasteiger partial charge in [0.1, 0.15) is 0 Å². The van der Waals surface area contributed by atoms with Crippen molar-refractivity contribution in [2.45, 2.75) is 71.6 Å². The average Bonchev–Trinajstić information content (AvgIpc) is 3.76. The minimum atomic E-state index is -0.588. The fraction of sp³-hybridized carbons (Fsp3) is 0.175. The molecule has 2 nitrogen and oxygen atoms in total. The van der Waals surface area contributed by atoms with Gasteiger partial charge in [-0.15, -0.1) is 0 Å². The summed E-state index contributed by atoms with van der Waals surface area (Å²) in [7, 11) is 0. The number of aryl methyl sites for hydroxylation is 2. The lowest BCUT2D eigenvalue weighted by atomic mass is 9.70. The molecule has 0 bridgehead atoms. The monoisotopic (exact) mass is 840 g/mol. The van der Waals surface area contributed by atoms with Gasteiger partial charge in [-0.1, -0.05) is 169 Å². The predicted molar refractivity (Wildman–Crippen MR) is 276 cm³/mol. The van der Waals surface area contributed by atoms with E-state index in [4.69, 9.17) is 0 Å². The molecule has 0 saturated heterocycles. The van der Waals surface area contributed by atoms with Crippen LogP contribution in [0.4, 0.5) is 34.1 Å². The molecule has 0 radical (unpaired) electrons. The third-order valence-corrected chi connectivity index (χ3v) is 14.1. The summed E-state index contributed by atoms with van der Waals surface area (Å²) in [6.07, 6.45) is 0. The number of anilines is 6. The molecule has 0 aromatic heterocycles. The number of rotatable bonds is 6. The van der Waals surface area contributed by atoms with E-state index in [1.54, 1.807) is 0 Å². The molecule has 1 spiro atoms. The fourth-order valence-corrected chi connectivity index (χ4v) is 10.9. The Morgan fingerprint density at radius 2 is 0.800 bits per heavy atom. The van der Waals surface area contributed by atoms with Crippen molar-refractivity contribution in [2.24, 2.45) is 0 Å². The molecule has 0 unspecified atom stereocenters. The van der Waals surface area contributed by atoms with Crippen LogP contribution in [0.2, 0.25) is 0 Å². The van der Waals surface area contributed by atoms with Crippen LogP contribution in [-0.4, -0.2) is 0 Å². The largest absolute Gasteiger partial charge is 0.310 e. The van der Waals surface area contributed by atoms with Gasteiger partial charge < -0.3 is 9.80 Å². The third kappa shape index (κ3) is 6.45. The molecule has 0 N–H and O–H groups in total. The van der Waals surface area contributed by atoms with E-state index in [1.165, 1.54) is 83.2 Å². The zero-order valence-corrected chi connectivity index (χ0v) is 38.9. The van der Waals surface area contributed by atoms with Gasteiger partial charge in [0, 0.05) is 33.8 Å². The smallest absolute Gasteiger partial charge is 0.0727 e. The van der Waals surface area contributed by atoms with Gasteiger partial charge in [-0.05, 0) is 164 Å². The first kappa shape index (κ1) is 40.6. The summed E-state index contributed by atoms with van der Waals surface area (Å²) >= 11 is 0. The molecule has 0 heterocycles. The van der Waals surface area contributed by atoms with Crippen LogP contribution in [-0.2, 0) is 16.2 Å². The number of hydrogen-bond donors (Lipinski definition) is 0. The van der Waals surface area contributed by atoms with Crippen molar-refractivity contribution < 1.29 is 0 Å². The summed E-state index contributed by atoms with van der Waals surface area (Å²) in [6.45, 7) is 18.1. The molecule has 9 aromatic carbocycles. The second kappa shape index (κ2) is 15.0. The highest BCUT2D eigenvalue weighted by Crippen LogP contribution is 2.65. The van der Waals surface area contributed by atoms with E-state index in [1.807, 2.05) is 0 Å². The molecule has 2 aliphatic carbocycles. The fourth-order valence-electron chi connectivity index (χ4n) is 10.9. The molecule has 0 atom stereocenters. The lowest BCUT2D eigenvalue weighted by molar-refractivity contribution is 0.590. The summed E-state index contributed by atoms with van der Waals surface area (Å²) in [5.74, 6) is 0. The summed E-state index contributed by atoms with van der Waals surface area (Å²) in [4.78, 5) is 4.95. The number of fused-ring (bicyclic) bond motifs is 12. The van der Waals surface area contributed by atoms with E-state index >= 15 is 0 Å². The average molecular weight is 841 g/mol. The molecule has 2 aliphatic rings. The molecule has 0 saturated carbocycles. The van der Waals surface area contributed by atoms with Gasteiger partial charge in [-0.3, -0.25) is 0 Å². The highest BCUT2D eigenvalue weighted by Gasteiger charge is 2.52. The van der Waals surface area contributed by atoms with Crippen LogP contribution < -0.4 is 9.80 Å². The topological polar surface area (TPSA) is 6.48 Å². The van der Waals surface area contributed by atoms with E-state index in [-0.39, 0.29) is 10.8 Å². The minimum Gasteiger partial charge on any atom is -0.310 e. The molecule has 9 aromatic rings. The van der Waals surface area contributed by atoms with Crippen molar-refractivity contribution in [1.29, 1.82) is 0 Å². The second-order valence-corrected chi connectivity index (χ2v) is 20.4. The Balaban J connectivity index is 1.23. The zero-order valence-electron chi connectivity index (χ0n) is 38.9. The molecular formula is C63H56N2. The Hall–Kier alpha value is -7.16. The summed E-state index contributed by atoms with van der Waals surface area (Å²) in [5, 5.41) is 2.48. The van der Waals surface area contributed by atoms with Crippen molar-refractivity contribution in [1.82, 2.24) is 0 Å². The normalized spacial score (nSPS) is 13.4. The molecule has 318 valence electrons. The molecule has 2 heteroatoms. The maximum Gasteiger partial charge on any atom is 0.0727 e. The number of nitrogens with zero attached hydrogens (tertiary/aromatic N) is 2. The van der Waals surface area contributed by atoms with E-state index in [2.05, 4.69) is 259 Å². The van der Waals surface area contributed by atoms with E-state index in [0.29, 0.717) is 0 Å². The van der Waals surface area contributed by atoms with Gasteiger partial charge in [0.05, 0.1) is 11.1 Å². The molecule has 11 rings (SSSR count). The van der Waals surface area contributed by atoms with Gasteiger partial charge >= 0.3 is 0 Å². The van der Waals surface area contributed by atoms with Gasteiger partial charge in [-0.2, -0.15) is 0 Å². The van der Waals surface area contributed by atoms with Gasteiger partial charge in [0.2, 0.25) is 0 Å². The third-order valence-electron chi connectivity index (χ3n) is 14.1. The highest BCUT2D eigenvalue weighted by molar-refractivity contribution is 6.12. The maximum atomic E-state index is 2.56. The first-order valence-corrected chi connectivity index (χ1v) is 23.2. The quantitative estimate of drug-likeness (QED) is 0.165. The molecular weight excluding hydrogens is 785 g/mol. The Kier molecular flexibility index (Phi) is 9.35. The predicted octanol–water partition coefficient (Wildman–Crippen LogP) is 17.3. The standard InChI is InChI=1S/C63H56N2/c1-41-17-15-19-47(37-41)64(45-31-27-43(28-32-45)61(3,4)5)49-35-36-54-57(39-49)63(55-25-13-11-21-50(55)51-22-12-14-26-56(51)63)58-40-59(52-23-9-10-24-53(52)60(54)58)65(48-20-16-18-42(2)38-48)46-33-29-44(30-34-46)62(6,7)8/h9-40H,1-8H3. The lowest BCUT2D eigenvalue weighted by Crippen LogP contribution is -2.26. The van der Waals surface area contributed by atoms with Crippen LogP contribution in [0.1, 0.15) is 86.1 Å². The summed E-state index contributed by atoms with van der Waals surface area (Å²) in [5.41, 5.74) is 21.9. The van der Waals surface area contributed by atoms with E-state index < -0.39 is 5.41 Å². The maximum absolute atomic E-state index is 2.56. The van der Waals surface area contributed by atoms with Crippen molar-refractivity contribution in [3.05, 3.63) is 239 Å². The lowest BCUT2D eigenvalue weighted by Gasteiger charge is -2.34. The molecule has 0 amide bonds. The van der Waals surface area contributed by atoms with Crippen LogP contribution in [0.3, 0.4) is 0 Å². The van der Waals surface area contributed by atoms with Crippen LogP contribution in [0, 0.1) is 13.8 Å². The molecule has 0 fully saturated rings. The Bertz CT molecular complexity index is 3260. The minimum absolute atomic E-state index is 0.0397. The van der Waals surface area contributed by atoms with Gasteiger partial charge in [-0.25, -0.2) is 0 Å². The van der Waals surface area contributed by atoms with Crippen LogP contribution in [0.15, 0.2) is 194 Å². The molecule has 0 aliphatic heterocycles. The SMILES string of the molecule is Cc1cccc(N(c2ccc(C(C)(C)C)cc2)c2ccc3c(c2)C2(c4ccccc4-c4ccccc42)c2cc(N(c4ccc(C(C)(C)C)cc4)c4cccc(C)c4)c4ccccc4c2-3)c1. The zero-order chi connectivity index (χ0) is 44.8. The Labute approximate surface area is 385 Å². The van der Waals surface area contributed by atoms with Crippen molar-refractivity contribution in [2.75, 3.05) is 9.80 Å². The van der Waals surface area contributed by atoms with Crippen LogP contribution >= 0.6 is 0 Å². The first-order chi connectivity index (χ1) is 31.3. The van der Waals surface area contributed by atoms with Crippen molar-refractivity contribution in [3.63, 3.8) is 0 Å².